The maximum atomic E-state index is 12.2. The van der Waals surface area contributed by atoms with Crippen LogP contribution in [0.1, 0.15) is 137 Å². The Morgan fingerprint density at radius 2 is 1.27 bits per heavy atom. The van der Waals surface area contributed by atoms with Gasteiger partial charge in [-0.2, -0.15) is 0 Å². The summed E-state index contributed by atoms with van der Waals surface area (Å²) in [6.45, 7) is 11.0. The maximum absolute atomic E-state index is 12.2. The highest BCUT2D eigenvalue weighted by Crippen LogP contribution is 2.30. The number of hydrogen-bond donors (Lipinski definition) is 1. The van der Waals surface area contributed by atoms with Crippen LogP contribution in [0.2, 0.25) is 0 Å². The SMILES string of the molecule is CCCCCCCC/C=C\CCCCCCCC(=O)OC1CC(C)(C)NC(C)(C)C1. The van der Waals surface area contributed by atoms with Crippen molar-refractivity contribution in [3.8, 4) is 0 Å². The molecule has 0 aromatic carbocycles. The summed E-state index contributed by atoms with van der Waals surface area (Å²) in [5, 5.41) is 3.64. The van der Waals surface area contributed by atoms with Gasteiger partial charge in [-0.3, -0.25) is 4.79 Å². The van der Waals surface area contributed by atoms with Crippen molar-refractivity contribution in [2.45, 2.75) is 155 Å². The minimum absolute atomic E-state index is 0.00822. The molecule has 0 spiro atoms. The van der Waals surface area contributed by atoms with Crippen molar-refractivity contribution in [3.05, 3.63) is 12.2 Å². The van der Waals surface area contributed by atoms with Crippen LogP contribution in [0.3, 0.4) is 0 Å². The maximum Gasteiger partial charge on any atom is 0.306 e. The predicted molar refractivity (Wildman–Crippen MR) is 130 cm³/mol. The molecule has 1 aliphatic rings. The van der Waals surface area contributed by atoms with Gasteiger partial charge in [-0.1, -0.05) is 70.4 Å². The first-order valence-corrected chi connectivity index (χ1v) is 12.9. The molecular formula is C27H51NO2. The molecule has 0 saturated carbocycles. The lowest BCUT2D eigenvalue weighted by Crippen LogP contribution is -2.59. The molecule has 0 aromatic rings. The molecule has 3 nitrogen and oxygen atoms in total. The molecule has 1 N–H and O–H groups in total. The number of piperidine rings is 1. The molecule has 0 atom stereocenters. The van der Waals surface area contributed by atoms with E-state index in [1.807, 2.05) is 0 Å². The molecule has 0 bridgehead atoms. The smallest absolute Gasteiger partial charge is 0.306 e. The Balaban J connectivity index is 1.95. The number of ether oxygens (including phenoxy) is 1. The van der Waals surface area contributed by atoms with Gasteiger partial charge in [-0.05, 0) is 59.8 Å². The Morgan fingerprint density at radius 1 is 0.800 bits per heavy atom. The first-order valence-electron chi connectivity index (χ1n) is 12.9. The summed E-state index contributed by atoms with van der Waals surface area (Å²) < 4.78 is 5.79. The molecule has 3 heteroatoms. The first kappa shape index (κ1) is 27.2. The lowest BCUT2D eigenvalue weighted by molar-refractivity contribution is -0.153. The molecule has 1 fully saturated rings. The average molecular weight is 422 g/mol. The Morgan fingerprint density at radius 3 is 1.80 bits per heavy atom. The highest BCUT2D eigenvalue weighted by atomic mass is 16.5. The second-order valence-corrected chi connectivity index (χ2v) is 10.7. The Hall–Kier alpha value is -0.830. The van der Waals surface area contributed by atoms with Crippen LogP contribution in [-0.2, 0) is 9.53 Å². The van der Waals surface area contributed by atoms with Crippen LogP contribution in [0.5, 0.6) is 0 Å². The number of nitrogens with one attached hydrogen (secondary N) is 1. The molecule has 1 saturated heterocycles. The van der Waals surface area contributed by atoms with E-state index in [1.54, 1.807) is 0 Å². The lowest BCUT2D eigenvalue weighted by atomic mass is 9.81. The van der Waals surface area contributed by atoms with Crippen molar-refractivity contribution in [2.75, 3.05) is 0 Å². The molecule has 30 heavy (non-hydrogen) atoms. The van der Waals surface area contributed by atoms with Crippen molar-refractivity contribution in [1.29, 1.82) is 0 Å². The first-order chi connectivity index (χ1) is 14.2. The Labute approximate surface area is 187 Å². The number of rotatable bonds is 16. The van der Waals surface area contributed by atoms with Gasteiger partial charge in [0.25, 0.3) is 0 Å². The van der Waals surface area contributed by atoms with Gasteiger partial charge < -0.3 is 10.1 Å². The minimum Gasteiger partial charge on any atom is -0.462 e. The fraction of sp³-hybridized carbons (Fsp3) is 0.889. The van der Waals surface area contributed by atoms with Gasteiger partial charge in [0.15, 0.2) is 0 Å². The molecule has 1 aliphatic heterocycles. The Bertz CT molecular complexity index is 465. The summed E-state index contributed by atoms with van der Waals surface area (Å²) in [4.78, 5) is 12.2. The van der Waals surface area contributed by atoms with Crippen molar-refractivity contribution in [2.24, 2.45) is 0 Å². The standard InChI is InChI=1S/C27H51NO2/c1-6-7-8-9-10-11-12-13-14-15-16-17-18-19-20-21-25(29)30-24-22-26(2,3)28-27(4,5)23-24/h13-14,24,28H,6-12,15-23H2,1-5H3/b14-13-. The molecule has 1 heterocycles. The van der Waals surface area contributed by atoms with E-state index in [0.717, 1.165) is 25.7 Å². The average Bonchev–Trinajstić information content (AvgIpc) is 2.62. The Kier molecular flexibility index (Phi) is 13.6. The second kappa shape index (κ2) is 15.1. The summed E-state index contributed by atoms with van der Waals surface area (Å²) >= 11 is 0. The van der Waals surface area contributed by atoms with Crippen LogP contribution < -0.4 is 5.32 Å². The van der Waals surface area contributed by atoms with Gasteiger partial charge in [0.05, 0.1) is 0 Å². The number of unbranched alkanes of at least 4 members (excludes halogenated alkanes) is 11. The highest BCUT2D eigenvalue weighted by molar-refractivity contribution is 5.69. The summed E-state index contributed by atoms with van der Waals surface area (Å²) in [5.41, 5.74) is 0.0472. The molecule has 0 aliphatic carbocycles. The van der Waals surface area contributed by atoms with Gasteiger partial charge in [-0.25, -0.2) is 0 Å². The van der Waals surface area contributed by atoms with Crippen molar-refractivity contribution >= 4 is 5.97 Å². The molecule has 0 amide bonds. The van der Waals surface area contributed by atoms with E-state index in [2.05, 4.69) is 52.1 Å². The van der Waals surface area contributed by atoms with Crippen molar-refractivity contribution < 1.29 is 9.53 Å². The third-order valence-electron chi connectivity index (χ3n) is 6.09. The van der Waals surface area contributed by atoms with Crippen LogP contribution in [0.25, 0.3) is 0 Å². The topological polar surface area (TPSA) is 38.3 Å². The van der Waals surface area contributed by atoms with Crippen LogP contribution in [0, 0.1) is 0 Å². The van der Waals surface area contributed by atoms with Crippen LogP contribution in [0.4, 0.5) is 0 Å². The van der Waals surface area contributed by atoms with Gasteiger partial charge in [0, 0.05) is 30.3 Å². The fourth-order valence-corrected chi connectivity index (χ4v) is 4.90. The quantitative estimate of drug-likeness (QED) is 0.156. The molecule has 0 aromatic heterocycles. The van der Waals surface area contributed by atoms with E-state index in [-0.39, 0.29) is 23.2 Å². The predicted octanol–water partition coefficient (Wildman–Crippen LogP) is 7.88. The zero-order valence-electron chi connectivity index (χ0n) is 20.9. The summed E-state index contributed by atoms with van der Waals surface area (Å²) in [6.07, 6.45) is 23.8. The molecule has 1 rings (SSSR count). The third-order valence-corrected chi connectivity index (χ3v) is 6.09. The van der Waals surface area contributed by atoms with Gasteiger partial charge in [0.2, 0.25) is 0 Å². The van der Waals surface area contributed by atoms with Crippen molar-refractivity contribution in [1.82, 2.24) is 5.32 Å². The number of esters is 1. The zero-order valence-corrected chi connectivity index (χ0v) is 20.9. The molecule has 176 valence electrons. The van der Waals surface area contributed by atoms with Gasteiger partial charge >= 0.3 is 5.97 Å². The number of hydrogen-bond acceptors (Lipinski definition) is 3. The van der Waals surface area contributed by atoms with E-state index < -0.39 is 0 Å². The number of carbonyl (C=O) groups excluding carboxylic acids is 1. The normalized spacial score (nSPS) is 18.7. The molecule has 0 unspecified atom stereocenters. The summed E-state index contributed by atoms with van der Waals surface area (Å²) in [6, 6.07) is 0. The second-order valence-electron chi connectivity index (χ2n) is 10.7. The zero-order chi connectivity index (χ0) is 22.3. The van der Waals surface area contributed by atoms with Gasteiger partial charge in [-0.15, -0.1) is 0 Å². The summed E-state index contributed by atoms with van der Waals surface area (Å²) in [7, 11) is 0. The summed E-state index contributed by atoms with van der Waals surface area (Å²) in [5.74, 6) is -0.00822. The van der Waals surface area contributed by atoms with E-state index in [1.165, 1.54) is 70.6 Å². The van der Waals surface area contributed by atoms with Crippen LogP contribution >= 0.6 is 0 Å². The highest BCUT2D eigenvalue weighted by Gasteiger charge is 2.39. The van der Waals surface area contributed by atoms with E-state index in [9.17, 15) is 4.79 Å². The van der Waals surface area contributed by atoms with Crippen molar-refractivity contribution in [3.63, 3.8) is 0 Å². The number of carbonyl (C=O) groups is 1. The monoisotopic (exact) mass is 421 g/mol. The number of allylic oxidation sites excluding steroid dienone is 2. The largest absolute Gasteiger partial charge is 0.462 e. The van der Waals surface area contributed by atoms with Gasteiger partial charge in [0.1, 0.15) is 6.10 Å². The minimum atomic E-state index is -0.00822. The van der Waals surface area contributed by atoms with E-state index in [0.29, 0.717) is 6.42 Å². The van der Waals surface area contributed by atoms with E-state index in [4.69, 9.17) is 4.74 Å². The molecular weight excluding hydrogens is 370 g/mol. The third kappa shape index (κ3) is 14.2. The molecule has 0 radical (unpaired) electrons. The van der Waals surface area contributed by atoms with E-state index >= 15 is 0 Å². The van der Waals surface area contributed by atoms with Crippen LogP contribution in [0.15, 0.2) is 12.2 Å². The van der Waals surface area contributed by atoms with Crippen LogP contribution in [-0.4, -0.2) is 23.2 Å². The fourth-order valence-electron chi connectivity index (χ4n) is 4.90. The lowest BCUT2D eigenvalue weighted by Gasteiger charge is -2.45.